The molecular formula is C21H17ClN4O3S. The van der Waals surface area contributed by atoms with Crippen molar-refractivity contribution in [3.63, 3.8) is 0 Å². The van der Waals surface area contributed by atoms with Crippen molar-refractivity contribution in [2.24, 2.45) is 0 Å². The van der Waals surface area contributed by atoms with Crippen LogP contribution in [0.2, 0.25) is 5.02 Å². The van der Waals surface area contributed by atoms with E-state index in [0.29, 0.717) is 27.4 Å². The number of nitrogens with one attached hydrogen (secondary N) is 1. The highest BCUT2D eigenvalue weighted by Crippen LogP contribution is 2.24. The molecule has 0 aliphatic heterocycles. The Labute approximate surface area is 181 Å². The first-order valence-electron chi connectivity index (χ1n) is 9.05. The minimum Gasteiger partial charge on any atom is -0.426 e. The Morgan fingerprint density at radius 1 is 1.13 bits per heavy atom. The minimum atomic E-state index is -0.414. The van der Waals surface area contributed by atoms with Gasteiger partial charge in [-0.3, -0.25) is 14.7 Å². The molecule has 0 aliphatic carbocycles. The van der Waals surface area contributed by atoms with Gasteiger partial charge in [0.25, 0.3) is 5.56 Å². The Hall–Kier alpha value is -3.10. The molecule has 1 N–H and O–H groups in total. The summed E-state index contributed by atoms with van der Waals surface area (Å²) in [7, 11) is 0. The van der Waals surface area contributed by atoms with E-state index >= 15 is 0 Å². The fourth-order valence-corrected chi connectivity index (χ4v) is 3.65. The van der Waals surface area contributed by atoms with Crippen LogP contribution in [0.3, 0.4) is 0 Å². The molecule has 2 heterocycles. The summed E-state index contributed by atoms with van der Waals surface area (Å²) in [4.78, 5) is 33.2. The highest BCUT2D eigenvalue weighted by molar-refractivity contribution is 7.99. The van der Waals surface area contributed by atoms with Gasteiger partial charge in [-0.25, -0.2) is 14.5 Å². The van der Waals surface area contributed by atoms with E-state index in [1.807, 2.05) is 32.0 Å². The lowest BCUT2D eigenvalue weighted by molar-refractivity contribution is -0.131. The standard InChI is InChI=1S/C21H17ClN4O3S/c1-12-3-4-13(2)16(9-12)29-19(28)11-30-21-24-20(14-5-7-15(22)8-6-14)23-17-10-18(27)25-26(17)21/h3-10H,11H2,1-2H3,(H,25,27). The molecule has 0 bridgehead atoms. The van der Waals surface area contributed by atoms with Gasteiger partial charge in [0.05, 0.1) is 5.75 Å². The highest BCUT2D eigenvalue weighted by Gasteiger charge is 2.15. The number of benzene rings is 2. The van der Waals surface area contributed by atoms with Crippen LogP contribution in [0, 0.1) is 13.8 Å². The van der Waals surface area contributed by atoms with E-state index in [0.717, 1.165) is 28.5 Å². The van der Waals surface area contributed by atoms with Gasteiger partial charge < -0.3 is 4.74 Å². The molecule has 0 saturated carbocycles. The van der Waals surface area contributed by atoms with E-state index in [1.165, 1.54) is 10.6 Å². The zero-order chi connectivity index (χ0) is 21.3. The Morgan fingerprint density at radius 3 is 2.67 bits per heavy atom. The molecular weight excluding hydrogens is 424 g/mol. The molecule has 0 atom stereocenters. The number of thioether (sulfide) groups is 1. The molecule has 4 rings (SSSR count). The molecule has 0 aliphatic rings. The van der Waals surface area contributed by atoms with Crippen LogP contribution < -0.4 is 10.3 Å². The molecule has 30 heavy (non-hydrogen) atoms. The van der Waals surface area contributed by atoms with E-state index in [1.54, 1.807) is 24.3 Å². The molecule has 4 aromatic rings. The van der Waals surface area contributed by atoms with Crippen LogP contribution in [-0.2, 0) is 4.79 Å². The first kappa shape index (κ1) is 20.2. The van der Waals surface area contributed by atoms with Crippen LogP contribution in [0.25, 0.3) is 17.0 Å². The van der Waals surface area contributed by atoms with E-state index < -0.39 is 5.97 Å². The van der Waals surface area contributed by atoms with Crippen LogP contribution in [-0.4, -0.2) is 31.3 Å². The first-order valence-corrected chi connectivity index (χ1v) is 10.4. The fourth-order valence-electron chi connectivity index (χ4n) is 2.80. The molecule has 2 aromatic carbocycles. The number of H-pyrrole nitrogens is 1. The highest BCUT2D eigenvalue weighted by atomic mass is 35.5. The summed E-state index contributed by atoms with van der Waals surface area (Å²) < 4.78 is 6.95. The molecule has 2 aromatic heterocycles. The lowest BCUT2D eigenvalue weighted by atomic mass is 10.1. The number of carbonyl (C=O) groups excluding carboxylic acids is 1. The maximum absolute atomic E-state index is 12.4. The molecule has 0 amide bonds. The first-order chi connectivity index (χ1) is 14.4. The molecule has 0 spiro atoms. The van der Waals surface area contributed by atoms with E-state index in [-0.39, 0.29) is 11.3 Å². The summed E-state index contributed by atoms with van der Waals surface area (Å²) in [6.07, 6.45) is 0. The summed E-state index contributed by atoms with van der Waals surface area (Å²) in [6, 6.07) is 14.1. The van der Waals surface area contributed by atoms with Gasteiger partial charge in [0.2, 0.25) is 0 Å². The van der Waals surface area contributed by atoms with Crippen LogP contribution >= 0.6 is 23.4 Å². The smallest absolute Gasteiger partial charge is 0.321 e. The number of hydrogen-bond donors (Lipinski definition) is 1. The number of aryl methyl sites for hydroxylation is 2. The van der Waals surface area contributed by atoms with Crippen LogP contribution in [0.15, 0.2) is 58.5 Å². The topological polar surface area (TPSA) is 89.3 Å². The van der Waals surface area contributed by atoms with Gasteiger partial charge in [-0.05, 0) is 55.3 Å². The van der Waals surface area contributed by atoms with E-state index in [2.05, 4.69) is 15.1 Å². The minimum absolute atomic E-state index is 0.0137. The van der Waals surface area contributed by atoms with Gasteiger partial charge in [-0.2, -0.15) is 0 Å². The number of fused-ring (bicyclic) bond motifs is 1. The summed E-state index contributed by atoms with van der Waals surface area (Å²) >= 11 is 7.11. The van der Waals surface area contributed by atoms with Gasteiger partial charge >= 0.3 is 5.97 Å². The average molecular weight is 441 g/mol. The Kier molecular flexibility index (Phi) is 5.61. The lowest BCUT2D eigenvalue weighted by Gasteiger charge is -2.09. The monoisotopic (exact) mass is 440 g/mol. The molecule has 0 unspecified atom stereocenters. The molecule has 152 valence electrons. The second-order valence-electron chi connectivity index (χ2n) is 6.68. The van der Waals surface area contributed by atoms with Crippen molar-refractivity contribution in [1.29, 1.82) is 0 Å². The van der Waals surface area contributed by atoms with E-state index in [9.17, 15) is 9.59 Å². The zero-order valence-electron chi connectivity index (χ0n) is 16.2. The summed E-state index contributed by atoms with van der Waals surface area (Å²) in [6.45, 7) is 3.82. The van der Waals surface area contributed by atoms with Crippen molar-refractivity contribution < 1.29 is 9.53 Å². The molecule has 9 heteroatoms. The van der Waals surface area contributed by atoms with Crippen molar-refractivity contribution >= 4 is 35.0 Å². The summed E-state index contributed by atoms with van der Waals surface area (Å²) in [5, 5.41) is 3.67. The number of rotatable bonds is 5. The molecule has 0 fully saturated rings. The second-order valence-corrected chi connectivity index (χ2v) is 8.06. The van der Waals surface area contributed by atoms with E-state index in [4.69, 9.17) is 16.3 Å². The van der Waals surface area contributed by atoms with Crippen LogP contribution in [0.5, 0.6) is 5.75 Å². The molecule has 0 radical (unpaired) electrons. The van der Waals surface area contributed by atoms with Gasteiger partial charge in [-0.15, -0.1) is 0 Å². The van der Waals surface area contributed by atoms with Gasteiger partial charge in [0.1, 0.15) is 5.75 Å². The SMILES string of the molecule is Cc1ccc(C)c(OC(=O)CSc2nc(-c3ccc(Cl)cc3)nc3cc(=O)[nH]n23)c1. The number of hydrogen-bond acceptors (Lipinski definition) is 6. The fraction of sp³-hybridized carbons (Fsp3) is 0.143. The Balaban J connectivity index is 1.60. The van der Waals surface area contributed by atoms with Crippen LogP contribution in [0.1, 0.15) is 11.1 Å². The number of halogens is 1. The average Bonchev–Trinajstić information content (AvgIpc) is 3.09. The number of ether oxygens (including phenoxy) is 1. The Morgan fingerprint density at radius 2 is 1.90 bits per heavy atom. The quantitative estimate of drug-likeness (QED) is 0.286. The lowest BCUT2D eigenvalue weighted by Crippen LogP contribution is -2.13. The predicted molar refractivity (Wildman–Crippen MR) is 116 cm³/mol. The van der Waals surface area contributed by atoms with Crippen molar-refractivity contribution in [1.82, 2.24) is 19.6 Å². The van der Waals surface area contributed by atoms with Crippen molar-refractivity contribution in [2.45, 2.75) is 19.0 Å². The third kappa shape index (κ3) is 4.39. The third-order valence-electron chi connectivity index (χ3n) is 4.31. The van der Waals surface area contributed by atoms with Crippen molar-refractivity contribution in [3.05, 3.63) is 75.0 Å². The maximum atomic E-state index is 12.4. The largest absolute Gasteiger partial charge is 0.426 e. The van der Waals surface area contributed by atoms with Gasteiger partial charge in [-0.1, -0.05) is 35.5 Å². The third-order valence-corrected chi connectivity index (χ3v) is 5.48. The number of nitrogens with zero attached hydrogens (tertiary/aromatic N) is 3. The summed E-state index contributed by atoms with van der Waals surface area (Å²) in [5.74, 6) is 0.559. The van der Waals surface area contributed by atoms with Crippen LogP contribution in [0.4, 0.5) is 0 Å². The van der Waals surface area contributed by atoms with Gasteiger partial charge in [0, 0.05) is 16.7 Å². The summed E-state index contributed by atoms with van der Waals surface area (Å²) in [5.41, 5.74) is 2.73. The van der Waals surface area contributed by atoms with Crippen molar-refractivity contribution in [3.8, 4) is 17.1 Å². The number of aromatic amines is 1. The van der Waals surface area contributed by atoms with Gasteiger partial charge in [0.15, 0.2) is 16.6 Å². The predicted octanol–water partition coefficient (Wildman–Crippen LogP) is 4.05. The molecule has 7 nitrogen and oxygen atoms in total. The normalized spacial score (nSPS) is 11.0. The maximum Gasteiger partial charge on any atom is 0.321 e. The molecule has 0 saturated heterocycles. The van der Waals surface area contributed by atoms with Crippen molar-refractivity contribution in [2.75, 3.05) is 5.75 Å². The zero-order valence-corrected chi connectivity index (χ0v) is 17.8. The second kappa shape index (κ2) is 8.33. The number of aromatic nitrogens is 4. The Bertz CT molecular complexity index is 1300. The number of carbonyl (C=O) groups is 1. The number of esters is 1.